The summed E-state index contributed by atoms with van der Waals surface area (Å²) in [6.07, 6.45) is 1.16. The molecular weight excluding hydrogens is 274 g/mol. The molecule has 1 unspecified atom stereocenters. The number of rotatable bonds is 5. The van der Waals surface area contributed by atoms with E-state index in [-0.39, 0.29) is 0 Å². The van der Waals surface area contributed by atoms with Crippen molar-refractivity contribution in [2.75, 3.05) is 27.3 Å². The molecule has 0 saturated carbocycles. The van der Waals surface area contributed by atoms with E-state index in [1.807, 2.05) is 6.07 Å². The Balaban J connectivity index is 1.73. The normalized spacial score (nSPS) is 18.4. The quantitative estimate of drug-likeness (QED) is 0.840. The number of para-hydroxylation sites is 1. The Labute approximate surface area is 132 Å². The van der Waals surface area contributed by atoms with Crippen LogP contribution >= 0.6 is 0 Å². The smallest absolute Gasteiger partial charge is 0.164 e. The predicted molar refractivity (Wildman–Crippen MR) is 88.6 cm³/mol. The van der Waals surface area contributed by atoms with E-state index in [9.17, 15) is 0 Å². The molecule has 3 heteroatoms. The van der Waals surface area contributed by atoms with E-state index in [1.54, 1.807) is 14.2 Å². The highest BCUT2D eigenvalue weighted by atomic mass is 16.5. The molecule has 2 aromatic rings. The van der Waals surface area contributed by atoms with E-state index in [2.05, 4.69) is 47.4 Å². The Morgan fingerprint density at radius 1 is 1.00 bits per heavy atom. The summed E-state index contributed by atoms with van der Waals surface area (Å²) in [6.45, 7) is 3.21. The highest BCUT2D eigenvalue weighted by Crippen LogP contribution is 2.39. The van der Waals surface area contributed by atoms with Crippen molar-refractivity contribution in [2.24, 2.45) is 0 Å². The van der Waals surface area contributed by atoms with E-state index in [1.165, 1.54) is 11.1 Å². The van der Waals surface area contributed by atoms with Crippen LogP contribution < -0.4 is 9.47 Å². The minimum Gasteiger partial charge on any atom is -0.493 e. The van der Waals surface area contributed by atoms with Crippen LogP contribution in [0, 0.1) is 0 Å². The lowest BCUT2D eigenvalue weighted by Crippen LogP contribution is -2.19. The van der Waals surface area contributed by atoms with Gasteiger partial charge in [0.25, 0.3) is 0 Å². The lowest BCUT2D eigenvalue weighted by atomic mass is 9.97. The van der Waals surface area contributed by atoms with Gasteiger partial charge in [0.05, 0.1) is 14.2 Å². The van der Waals surface area contributed by atoms with E-state index in [0.29, 0.717) is 5.92 Å². The molecule has 0 aliphatic carbocycles. The molecule has 1 aliphatic heterocycles. The standard InChI is InChI=1S/C19H23NO2/c1-21-18-10-6-9-17(19(18)22-2)16-11-12-20(14-16)13-15-7-4-3-5-8-15/h3-10,16H,11-14H2,1-2H3. The molecule has 1 heterocycles. The fourth-order valence-electron chi connectivity index (χ4n) is 3.31. The van der Waals surface area contributed by atoms with Gasteiger partial charge in [-0.1, -0.05) is 42.5 Å². The lowest BCUT2D eigenvalue weighted by molar-refractivity contribution is 0.323. The fraction of sp³-hybridized carbons (Fsp3) is 0.368. The molecule has 0 N–H and O–H groups in total. The van der Waals surface area contributed by atoms with Crippen molar-refractivity contribution in [2.45, 2.75) is 18.9 Å². The second-order valence-corrected chi connectivity index (χ2v) is 5.79. The minimum absolute atomic E-state index is 0.508. The van der Waals surface area contributed by atoms with Gasteiger partial charge < -0.3 is 9.47 Å². The topological polar surface area (TPSA) is 21.7 Å². The van der Waals surface area contributed by atoms with Crippen LogP contribution in [0.15, 0.2) is 48.5 Å². The first-order valence-electron chi connectivity index (χ1n) is 7.79. The van der Waals surface area contributed by atoms with Crippen molar-refractivity contribution in [3.05, 3.63) is 59.7 Å². The third-order valence-corrected chi connectivity index (χ3v) is 4.39. The second kappa shape index (κ2) is 6.84. The highest BCUT2D eigenvalue weighted by Gasteiger charge is 2.27. The monoisotopic (exact) mass is 297 g/mol. The van der Waals surface area contributed by atoms with Gasteiger partial charge >= 0.3 is 0 Å². The molecule has 3 rings (SSSR count). The van der Waals surface area contributed by atoms with Crippen molar-refractivity contribution < 1.29 is 9.47 Å². The zero-order valence-corrected chi connectivity index (χ0v) is 13.3. The number of benzene rings is 2. The second-order valence-electron chi connectivity index (χ2n) is 5.79. The maximum absolute atomic E-state index is 5.59. The van der Waals surface area contributed by atoms with Gasteiger partial charge in [-0.3, -0.25) is 4.90 Å². The van der Waals surface area contributed by atoms with Crippen LogP contribution in [-0.4, -0.2) is 32.2 Å². The van der Waals surface area contributed by atoms with Gasteiger partial charge in [-0.15, -0.1) is 0 Å². The molecule has 0 bridgehead atoms. The Kier molecular flexibility index (Phi) is 4.64. The summed E-state index contributed by atoms with van der Waals surface area (Å²) in [4.78, 5) is 2.51. The maximum Gasteiger partial charge on any atom is 0.164 e. The summed E-state index contributed by atoms with van der Waals surface area (Å²) < 4.78 is 11.0. The van der Waals surface area contributed by atoms with Crippen molar-refractivity contribution in [1.82, 2.24) is 4.90 Å². The molecular formula is C19H23NO2. The molecule has 0 aromatic heterocycles. The summed E-state index contributed by atoms with van der Waals surface area (Å²) in [7, 11) is 3.41. The summed E-state index contributed by atoms with van der Waals surface area (Å²) in [6, 6.07) is 16.8. The first-order chi connectivity index (χ1) is 10.8. The molecule has 0 amide bonds. The summed E-state index contributed by atoms with van der Waals surface area (Å²) in [5.74, 6) is 2.21. The summed E-state index contributed by atoms with van der Waals surface area (Å²) >= 11 is 0. The van der Waals surface area contributed by atoms with E-state index in [4.69, 9.17) is 9.47 Å². The largest absolute Gasteiger partial charge is 0.493 e. The number of hydrogen-bond acceptors (Lipinski definition) is 3. The number of methoxy groups -OCH3 is 2. The van der Waals surface area contributed by atoms with Gasteiger partial charge in [0.1, 0.15) is 0 Å². The van der Waals surface area contributed by atoms with E-state index >= 15 is 0 Å². The molecule has 0 radical (unpaired) electrons. The summed E-state index contributed by atoms with van der Waals surface area (Å²) in [5, 5.41) is 0. The first-order valence-corrected chi connectivity index (χ1v) is 7.79. The predicted octanol–water partition coefficient (Wildman–Crippen LogP) is 3.69. The van der Waals surface area contributed by atoms with Crippen LogP contribution in [0.2, 0.25) is 0 Å². The van der Waals surface area contributed by atoms with Crippen LogP contribution in [0.5, 0.6) is 11.5 Å². The van der Waals surface area contributed by atoms with E-state index < -0.39 is 0 Å². The number of ether oxygens (including phenoxy) is 2. The zero-order chi connectivity index (χ0) is 15.4. The third kappa shape index (κ3) is 3.09. The Morgan fingerprint density at radius 2 is 1.82 bits per heavy atom. The van der Waals surface area contributed by atoms with Gasteiger partial charge in [-0.05, 0) is 24.6 Å². The van der Waals surface area contributed by atoms with Gasteiger partial charge in [0.2, 0.25) is 0 Å². The van der Waals surface area contributed by atoms with Crippen molar-refractivity contribution in [3.63, 3.8) is 0 Å². The summed E-state index contributed by atoms with van der Waals surface area (Å²) in [5.41, 5.74) is 2.64. The molecule has 0 spiro atoms. The van der Waals surface area contributed by atoms with Gasteiger partial charge in [-0.25, -0.2) is 0 Å². The number of likely N-dealkylation sites (tertiary alicyclic amines) is 1. The van der Waals surface area contributed by atoms with Crippen LogP contribution in [0.1, 0.15) is 23.5 Å². The third-order valence-electron chi connectivity index (χ3n) is 4.39. The molecule has 116 valence electrons. The maximum atomic E-state index is 5.59. The molecule has 22 heavy (non-hydrogen) atoms. The Morgan fingerprint density at radius 3 is 2.55 bits per heavy atom. The van der Waals surface area contributed by atoms with Gasteiger partial charge in [0, 0.05) is 24.6 Å². The molecule has 3 nitrogen and oxygen atoms in total. The molecule has 1 saturated heterocycles. The van der Waals surface area contributed by atoms with Crippen molar-refractivity contribution in [3.8, 4) is 11.5 Å². The van der Waals surface area contributed by atoms with Crippen molar-refractivity contribution >= 4 is 0 Å². The molecule has 1 fully saturated rings. The Hall–Kier alpha value is -2.00. The van der Waals surface area contributed by atoms with Gasteiger partial charge in [0.15, 0.2) is 11.5 Å². The molecule has 1 atom stereocenters. The first kappa shape index (κ1) is 14.9. The molecule has 2 aromatic carbocycles. The van der Waals surface area contributed by atoms with Crippen LogP contribution in [-0.2, 0) is 6.54 Å². The average Bonchev–Trinajstić information content (AvgIpc) is 3.03. The fourth-order valence-corrected chi connectivity index (χ4v) is 3.31. The highest BCUT2D eigenvalue weighted by molar-refractivity contribution is 5.48. The van der Waals surface area contributed by atoms with Crippen molar-refractivity contribution in [1.29, 1.82) is 0 Å². The Bertz CT molecular complexity index is 612. The van der Waals surface area contributed by atoms with Crippen LogP contribution in [0.25, 0.3) is 0 Å². The number of hydrogen-bond donors (Lipinski definition) is 0. The lowest BCUT2D eigenvalue weighted by Gasteiger charge is -2.19. The van der Waals surface area contributed by atoms with E-state index in [0.717, 1.165) is 37.6 Å². The number of nitrogens with zero attached hydrogens (tertiary/aromatic N) is 1. The van der Waals surface area contributed by atoms with Crippen LogP contribution in [0.3, 0.4) is 0 Å². The minimum atomic E-state index is 0.508. The SMILES string of the molecule is COc1cccc(C2CCN(Cc3ccccc3)C2)c1OC. The van der Waals surface area contributed by atoms with Crippen LogP contribution in [0.4, 0.5) is 0 Å². The van der Waals surface area contributed by atoms with Gasteiger partial charge in [-0.2, -0.15) is 0 Å². The molecule has 1 aliphatic rings. The average molecular weight is 297 g/mol. The zero-order valence-electron chi connectivity index (χ0n) is 13.3.